The number of benzene rings is 1. The number of anilines is 1. The van der Waals surface area contributed by atoms with Crippen LogP contribution in [-0.4, -0.2) is 17.4 Å². The van der Waals surface area contributed by atoms with E-state index >= 15 is 0 Å². The molecule has 0 aliphatic rings. The van der Waals surface area contributed by atoms with Crippen molar-refractivity contribution < 1.29 is 9.18 Å². The molecule has 110 valence electrons. The summed E-state index contributed by atoms with van der Waals surface area (Å²) in [6.07, 6.45) is 0.582. The molecule has 0 bridgehead atoms. The van der Waals surface area contributed by atoms with Gasteiger partial charge in [-0.2, -0.15) is 0 Å². The molecule has 0 saturated heterocycles. The van der Waals surface area contributed by atoms with Gasteiger partial charge in [0.1, 0.15) is 17.3 Å². The maximum Gasteiger partial charge on any atom is 0.271 e. The van der Waals surface area contributed by atoms with E-state index in [-0.39, 0.29) is 22.4 Å². The van der Waals surface area contributed by atoms with Crippen molar-refractivity contribution in [2.75, 3.05) is 12.0 Å². The average molecular weight is 309 g/mol. The maximum absolute atomic E-state index is 12.8. The van der Waals surface area contributed by atoms with Crippen LogP contribution >= 0.6 is 11.6 Å². The number of nitrogens with one attached hydrogen (secondary N) is 2. The second-order valence-electron chi connectivity index (χ2n) is 4.30. The van der Waals surface area contributed by atoms with Crippen molar-refractivity contribution >= 4 is 23.3 Å². The summed E-state index contributed by atoms with van der Waals surface area (Å²) in [6.45, 7) is 0.392. The van der Waals surface area contributed by atoms with E-state index < -0.39 is 0 Å². The van der Waals surface area contributed by atoms with E-state index in [9.17, 15) is 9.18 Å². The summed E-state index contributed by atoms with van der Waals surface area (Å²) in [5.41, 5.74) is 3.38. The number of nitrogens with two attached hydrogens (primary N) is 1. The molecule has 4 N–H and O–H groups in total. The standard InChI is InChI=1S/C14H14ClFN4O/c15-11-5-6-12(20-17)19-13(11)14(21)18-8-7-9-1-3-10(16)4-2-9/h1-6H,7-8,17H2,(H,18,21)(H,19,20). The molecule has 7 heteroatoms. The van der Waals surface area contributed by atoms with Crippen LogP contribution in [0.25, 0.3) is 0 Å². The number of halogens is 2. The SMILES string of the molecule is NNc1ccc(Cl)c(C(=O)NCCc2ccc(F)cc2)n1. The Labute approximate surface area is 126 Å². The summed E-state index contributed by atoms with van der Waals surface area (Å²) >= 11 is 5.93. The van der Waals surface area contributed by atoms with E-state index in [1.807, 2.05) is 0 Å². The Bertz CT molecular complexity index is 633. The molecule has 0 unspecified atom stereocenters. The molecule has 0 aliphatic heterocycles. The maximum atomic E-state index is 12.8. The van der Waals surface area contributed by atoms with E-state index in [0.717, 1.165) is 5.56 Å². The number of carbonyl (C=O) groups excluding carboxylic acids is 1. The van der Waals surface area contributed by atoms with Crippen LogP contribution in [0.3, 0.4) is 0 Å². The number of hydrogen-bond donors (Lipinski definition) is 3. The molecule has 1 amide bonds. The van der Waals surface area contributed by atoms with E-state index in [1.54, 1.807) is 24.3 Å². The number of nitrogen functional groups attached to an aromatic ring is 1. The van der Waals surface area contributed by atoms with Gasteiger partial charge in [-0.1, -0.05) is 23.7 Å². The molecular weight excluding hydrogens is 295 g/mol. The number of nitrogens with zero attached hydrogens (tertiary/aromatic N) is 1. The van der Waals surface area contributed by atoms with Crippen LogP contribution in [0, 0.1) is 5.82 Å². The van der Waals surface area contributed by atoms with Gasteiger partial charge in [-0.15, -0.1) is 0 Å². The summed E-state index contributed by atoms with van der Waals surface area (Å²) in [5, 5.41) is 2.95. The lowest BCUT2D eigenvalue weighted by Gasteiger charge is -2.08. The fraction of sp³-hybridized carbons (Fsp3) is 0.143. The van der Waals surface area contributed by atoms with Gasteiger partial charge < -0.3 is 10.7 Å². The monoisotopic (exact) mass is 308 g/mol. The average Bonchev–Trinajstić information content (AvgIpc) is 2.49. The van der Waals surface area contributed by atoms with Gasteiger partial charge in [0.15, 0.2) is 0 Å². The summed E-state index contributed by atoms with van der Waals surface area (Å²) in [6, 6.07) is 9.21. The lowest BCUT2D eigenvalue weighted by atomic mass is 10.1. The highest BCUT2D eigenvalue weighted by molar-refractivity contribution is 6.33. The molecule has 1 heterocycles. The number of pyridine rings is 1. The summed E-state index contributed by atoms with van der Waals surface area (Å²) in [5.74, 6) is 4.91. The highest BCUT2D eigenvalue weighted by atomic mass is 35.5. The fourth-order valence-corrected chi connectivity index (χ4v) is 1.93. The van der Waals surface area contributed by atoms with Crippen molar-refractivity contribution in [3.05, 3.63) is 58.5 Å². The third kappa shape index (κ3) is 4.14. The van der Waals surface area contributed by atoms with E-state index in [2.05, 4.69) is 15.7 Å². The Morgan fingerprint density at radius 1 is 1.24 bits per heavy atom. The molecule has 21 heavy (non-hydrogen) atoms. The Morgan fingerprint density at radius 2 is 1.95 bits per heavy atom. The minimum Gasteiger partial charge on any atom is -0.350 e. The predicted molar refractivity (Wildman–Crippen MR) is 79.5 cm³/mol. The normalized spacial score (nSPS) is 10.2. The second kappa shape index (κ2) is 7.01. The first-order chi connectivity index (χ1) is 10.1. The van der Waals surface area contributed by atoms with Crippen molar-refractivity contribution in [1.29, 1.82) is 0 Å². The first-order valence-corrected chi connectivity index (χ1v) is 6.64. The zero-order valence-corrected chi connectivity index (χ0v) is 11.8. The minimum atomic E-state index is -0.390. The molecule has 2 aromatic rings. The van der Waals surface area contributed by atoms with Gasteiger partial charge in [-0.05, 0) is 36.2 Å². The number of hydrogen-bond acceptors (Lipinski definition) is 4. The third-order valence-corrected chi connectivity index (χ3v) is 3.13. The van der Waals surface area contributed by atoms with Gasteiger partial charge in [0.2, 0.25) is 0 Å². The topological polar surface area (TPSA) is 80.0 Å². The van der Waals surface area contributed by atoms with Crippen LogP contribution in [0.15, 0.2) is 36.4 Å². The summed E-state index contributed by atoms with van der Waals surface area (Å²) in [4.78, 5) is 16.0. The Hall–Kier alpha value is -2.18. The fourth-order valence-electron chi connectivity index (χ4n) is 1.74. The largest absolute Gasteiger partial charge is 0.350 e. The zero-order valence-electron chi connectivity index (χ0n) is 11.1. The summed E-state index contributed by atoms with van der Waals surface area (Å²) in [7, 11) is 0. The predicted octanol–water partition coefficient (Wildman–Crippen LogP) is 2.13. The molecule has 0 atom stereocenters. The molecule has 0 aliphatic carbocycles. The van der Waals surface area contributed by atoms with Gasteiger partial charge in [0, 0.05) is 6.54 Å². The van der Waals surface area contributed by atoms with Crippen LogP contribution < -0.4 is 16.6 Å². The Balaban J connectivity index is 1.94. The smallest absolute Gasteiger partial charge is 0.271 e. The first-order valence-electron chi connectivity index (χ1n) is 6.26. The van der Waals surface area contributed by atoms with Crippen LogP contribution in [-0.2, 0) is 6.42 Å². The van der Waals surface area contributed by atoms with Crippen LogP contribution in [0.1, 0.15) is 16.1 Å². The van der Waals surface area contributed by atoms with Gasteiger partial charge in [0.25, 0.3) is 5.91 Å². The first kappa shape index (κ1) is 15.2. The molecule has 1 aromatic heterocycles. The zero-order chi connectivity index (χ0) is 15.2. The Morgan fingerprint density at radius 3 is 2.62 bits per heavy atom. The highest BCUT2D eigenvalue weighted by Gasteiger charge is 2.12. The molecule has 1 aromatic carbocycles. The number of aromatic nitrogens is 1. The minimum absolute atomic E-state index is 0.103. The van der Waals surface area contributed by atoms with Crippen LogP contribution in [0.2, 0.25) is 5.02 Å². The van der Waals surface area contributed by atoms with Crippen molar-refractivity contribution in [2.24, 2.45) is 5.84 Å². The molecule has 0 fully saturated rings. The van der Waals surface area contributed by atoms with E-state index in [1.165, 1.54) is 12.1 Å². The van der Waals surface area contributed by atoms with Crippen molar-refractivity contribution in [3.63, 3.8) is 0 Å². The summed E-state index contributed by atoms with van der Waals surface area (Å²) < 4.78 is 12.8. The third-order valence-electron chi connectivity index (χ3n) is 2.82. The quantitative estimate of drug-likeness (QED) is 0.584. The van der Waals surface area contributed by atoms with Gasteiger partial charge >= 0.3 is 0 Å². The number of hydrazine groups is 1. The second-order valence-corrected chi connectivity index (χ2v) is 4.71. The number of carbonyl (C=O) groups is 1. The molecule has 0 radical (unpaired) electrons. The van der Waals surface area contributed by atoms with Gasteiger partial charge in [-0.25, -0.2) is 15.2 Å². The van der Waals surface area contributed by atoms with Crippen LogP contribution in [0.5, 0.6) is 0 Å². The molecular formula is C14H14ClFN4O. The molecule has 0 saturated carbocycles. The van der Waals surface area contributed by atoms with Crippen molar-refractivity contribution in [2.45, 2.75) is 6.42 Å². The lowest BCUT2D eigenvalue weighted by molar-refractivity contribution is 0.0949. The number of amides is 1. The van der Waals surface area contributed by atoms with E-state index in [0.29, 0.717) is 18.8 Å². The highest BCUT2D eigenvalue weighted by Crippen LogP contribution is 2.16. The van der Waals surface area contributed by atoms with Gasteiger partial charge in [-0.3, -0.25) is 4.79 Å². The lowest BCUT2D eigenvalue weighted by Crippen LogP contribution is -2.27. The Kier molecular flexibility index (Phi) is 5.08. The van der Waals surface area contributed by atoms with Crippen molar-refractivity contribution in [3.8, 4) is 0 Å². The van der Waals surface area contributed by atoms with Crippen molar-refractivity contribution in [1.82, 2.24) is 10.3 Å². The van der Waals surface area contributed by atoms with Gasteiger partial charge in [0.05, 0.1) is 5.02 Å². The number of rotatable bonds is 5. The van der Waals surface area contributed by atoms with E-state index in [4.69, 9.17) is 17.4 Å². The van der Waals surface area contributed by atoms with Crippen LogP contribution in [0.4, 0.5) is 10.2 Å². The molecule has 0 spiro atoms. The molecule has 5 nitrogen and oxygen atoms in total. The molecule has 2 rings (SSSR count).